The number of aromatic amines is 1. The fourth-order valence-corrected chi connectivity index (χ4v) is 4.73. The number of pyridine rings is 1. The number of methoxy groups -OCH3 is 2. The smallest absolute Gasteiger partial charge is 0.257 e. The number of nitrogens with zero attached hydrogens (tertiary/aromatic N) is 4. The second-order valence-electron chi connectivity index (χ2n) is 9.22. The van der Waals surface area contributed by atoms with E-state index < -0.39 is 0 Å². The zero-order valence-corrected chi connectivity index (χ0v) is 20.7. The molecule has 8 heteroatoms. The summed E-state index contributed by atoms with van der Waals surface area (Å²) in [7, 11) is 3.25. The Labute approximate surface area is 214 Å². The number of likely N-dealkylation sites (tertiary alicyclic amines) is 1. The molecule has 37 heavy (non-hydrogen) atoms. The Hall–Kier alpha value is -4.43. The zero-order valence-electron chi connectivity index (χ0n) is 20.7. The summed E-state index contributed by atoms with van der Waals surface area (Å²) in [4.78, 5) is 22.6. The van der Waals surface area contributed by atoms with Crippen molar-refractivity contribution in [2.75, 3.05) is 27.3 Å². The van der Waals surface area contributed by atoms with E-state index in [2.05, 4.69) is 39.5 Å². The Bertz CT molecular complexity index is 1570. The summed E-state index contributed by atoms with van der Waals surface area (Å²) >= 11 is 0. The molecule has 2 aromatic carbocycles. The van der Waals surface area contributed by atoms with Crippen molar-refractivity contribution in [3.63, 3.8) is 0 Å². The number of carbonyl (C=O) groups excluding carboxylic acids is 1. The van der Waals surface area contributed by atoms with Gasteiger partial charge in [-0.1, -0.05) is 36.4 Å². The molecule has 1 saturated heterocycles. The molecule has 0 bridgehead atoms. The van der Waals surface area contributed by atoms with Gasteiger partial charge in [0, 0.05) is 60.9 Å². The lowest BCUT2D eigenvalue weighted by atomic mass is 10.0. The van der Waals surface area contributed by atoms with Crippen LogP contribution in [-0.4, -0.2) is 64.0 Å². The summed E-state index contributed by atoms with van der Waals surface area (Å²) in [5.41, 5.74) is 6.46. The van der Waals surface area contributed by atoms with Gasteiger partial charge in [0.25, 0.3) is 5.91 Å². The van der Waals surface area contributed by atoms with E-state index in [0.29, 0.717) is 30.9 Å². The second-order valence-corrected chi connectivity index (χ2v) is 9.22. The summed E-state index contributed by atoms with van der Waals surface area (Å²) in [6, 6.07) is 18.0. The summed E-state index contributed by atoms with van der Waals surface area (Å²) in [6.07, 6.45) is 7.83. The maximum Gasteiger partial charge on any atom is 0.257 e. The molecule has 1 aliphatic heterocycles. The van der Waals surface area contributed by atoms with Crippen LogP contribution in [0.3, 0.4) is 0 Å². The fraction of sp³-hybridized carbons (Fsp3) is 0.207. The molecule has 6 rings (SSSR count). The van der Waals surface area contributed by atoms with Gasteiger partial charge in [0.2, 0.25) is 0 Å². The molecule has 0 saturated carbocycles. The summed E-state index contributed by atoms with van der Waals surface area (Å²) in [5, 5.41) is 5.56. The van der Waals surface area contributed by atoms with Gasteiger partial charge in [0.15, 0.2) is 0 Å². The quantitative estimate of drug-likeness (QED) is 0.358. The van der Waals surface area contributed by atoms with Gasteiger partial charge in [0.05, 0.1) is 31.5 Å². The second kappa shape index (κ2) is 9.55. The van der Waals surface area contributed by atoms with Gasteiger partial charge in [-0.05, 0) is 29.3 Å². The number of aromatic nitrogens is 4. The molecule has 0 atom stereocenters. The van der Waals surface area contributed by atoms with Crippen molar-refractivity contribution in [1.29, 1.82) is 0 Å². The van der Waals surface area contributed by atoms with Crippen LogP contribution < -0.4 is 4.74 Å². The molecule has 4 heterocycles. The molecule has 5 aromatic rings. The lowest BCUT2D eigenvalue weighted by Gasteiger charge is -2.38. The van der Waals surface area contributed by atoms with Gasteiger partial charge in [0.1, 0.15) is 11.4 Å². The van der Waals surface area contributed by atoms with Gasteiger partial charge in [-0.25, -0.2) is 4.98 Å². The van der Waals surface area contributed by atoms with Crippen molar-refractivity contribution in [2.24, 2.45) is 0 Å². The van der Waals surface area contributed by atoms with Crippen LogP contribution in [-0.2, 0) is 11.3 Å². The summed E-state index contributed by atoms with van der Waals surface area (Å²) in [5.74, 6) is 0.491. The van der Waals surface area contributed by atoms with Crippen molar-refractivity contribution in [2.45, 2.75) is 12.6 Å². The van der Waals surface area contributed by atoms with Crippen LogP contribution in [0.1, 0.15) is 15.9 Å². The maximum absolute atomic E-state index is 12.9. The van der Waals surface area contributed by atoms with Crippen molar-refractivity contribution in [3.05, 3.63) is 90.5 Å². The molecule has 3 aromatic heterocycles. The number of nitrogens with one attached hydrogen (secondary N) is 1. The van der Waals surface area contributed by atoms with E-state index in [4.69, 9.17) is 9.47 Å². The number of carbonyl (C=O) groups is 1. The first kappa shape index (κ1) is 23.0. The van der Waals surface area contributed by atoms with Crippen LogP contribution in [0.2, 0.25) is 0 Å². The van der Waals surface area contributed by atoms with Crippen LogP contribution in [0.25, 0.3) is 33.3 Å². The number of hydrogen-bond acceptors (Lipinski definition) is 5. The first-order valence-corrected chi connectivity index (χ1v) is 12.2. The lowest BCUT2D eigenvalue weighted by Crippen LogP contribution is -2.54. The van der Waals surface area contributed by atoms with Crippen molar-refractivity contribution in [3.8, 4) is 28.0 Å². The molecule has 8 nitrogen and oxygen atoms in total. The third-order valence-electron chi connectivity index (χ3n) is 6.90. The molecule has 0 aliphatic carbocycles. The highest BCUT2D eigenvalue weighted by Gasteiger charge is 2.32. The number of rotatable bonds is 7. The van der Waals surface area contributed by atoms with Crippen LogP contribution in [0.5, 0.6) is 5.75 Å². The molecule has 0 radical (unpaired) electrons. The van der Waals surface area contributed by atoms with E-state index >= 15 is 0 Å². The Morgan fingerprint density at radius 2 is 1.86 bits per heavy atom. The van der Waals surface area contributed by atoms with Crippen LogP contribution in [0.4, 0.5) is 0 Å². The lowest BCUT2D eigenvalue weighted by molar-refractivity contribution is -0.0193. The van der Waals surface area contributed by atoms with Crippen molar-refractivity contribution >= 4 is 16.9 Å². The third-order valence-corrected chi connectivity index (χ3v) is 6.90. The van der Waals surface area contributed by atoms with Gasteiger partial charge in [-0.2, -0.15) is 5.10 Å². The number of hydrogen-bond donors (Lipinski definition) is 1. The highest BCUT2D eigenvalue weighted by Crippen LogP contribution is 2.33. The van der Waals surface area contributed by atoms with Gasteiger partial charge < -0.3 is 19.4 Å². The monoisotopic (exact) mass is 493 g/mol. The molecule has 0 unspecified atom stereocenters. The topological polar surface area (TPSA) is 85.3 Å². The van der Waals surface area contributed by atoms with Crippen LogP contribution in [0.15, 0.2) is 79.4 Å². The van der Waals surface area contributed by atoms with E-state index in [-0.39, 0.29) is 12.0 Å². The Balaban J connectivity index is 1.28. The minimum Gasteiger partial charge on any atom is -0.496 e. The average Bonchev–Trinajstić information content (AvgIpc) is 3.54. The minimum absolute atomic E-state index is 0.0503. The largest absolute Gasteiger partial charge is 0.496 e. The standard InChI is InChI=1S/C29H27N5O3/c1-36-23-17-33(18-23)29(35)24-9-8-20(11-27(24)37-2)21-10-25-26(14-31-28(25)30-12-21)22-13-32-34(16-22)15-19-6-4-3-5-7-19/h3-14,16,23H,15,17-18H2,1-2H3,(H,30,31). The minimum atomic E-state index is -0.0503. The molecular formula is C29H27N5O3. The Morgan fingerprint density at radius 3 is 2.65 bits per heavy atom. The predicted octanol–water partition coefficient (Wildman–Crippen LogP) is 4.62. The van der Waals surface area contributed by atoms with Gasteiger partial charge in [-0.15, -0.1) is 0 Å². The first-order valence-electron chi connectivity index (χ1n) is 12.2. The number of benzene rings is 2. The Morgan fingerprint density at radius 1 is 1.03 bits per heavy atom. The van der Waals surface area contributed by atoms with E-state index in [9.17, 15) is 4.79 Å². The Kier molecular flexibility index (Phi) is 5.94. The molecule has 1 fully saturated rings. The van der Waals surface area contributed by atoms with E-state index in [1.165, 1.54) is 5.56 Å². The number of H-pyrrole nitrogens is 1. The summed E-state index contributed by atoms with van der Waals surface area (Å²) in [6.45, 7) is 1.90. The van der Waals surface area contributed by atoms with Gasteiger partial charge >= 0.3 is 0 Å². The van der Waals surface area contributed by atoms with Crippen LogP contribution in [0, 0.1) is 0 Å². The van der Waals surface area contributed by atoms with Crippen molar-refractivity contribution < 1.29 is 14.3 Å². The SMILES string of the molecule is COc1cc(-c2cnc3[nH]cc(-c4cnn(Cc5ccccc5)c4)c3c2)ccc1C(=O)N1CC(OC)C1. The fourth-order valence-electron chi connectivity index (χ4n) is 4.73. The third kappa shape index (κ3) is 4.36. The number of ether oxygens (including phenoxy) is 2. The normalized spacial score (nSPS) is 13.6. The molecule has 1 amide bonds. The highest BCUT2D eigenvalue weighted by atomic mass is 16.5. The first-order chi connectivity index (χ1) is 18.1. The summed E-state index contributed by atoms with van der Waals surface area (Å²) < 4.78 is 12.8. The van der Waals surface area contributed by atoms with Gasteiger partial charge in [-0.3, -0.25) is 9.48 Å². The molecule has 1 aliphatic rings. The number of amides is 1. The van der Waals surface area contributed by atoms with E-state index in [0.717, 1.165) is 33.3 Å². The van der Waals surface area contributed by atoms with Crippen LogP contribution >= 0.6 is 0 Å². The maximum atomic E-state index is 12.9. The molecule has 1 N–H and O–H groups in total. The molecule has 186 valence electrons. The van der Waals surface area contributed by atoms with E-state index in [1.807, 2.05) is 59.7 Å². The van der Waals surface area contributed by atoms with Crippen molar-refractivity contribution in [1.82, 2.24) is 24.6 Å². The number of fused-ring (bicyclic) bond motifs is 1. The molecular weight excluding hydrogens is 466 g/mol. The zero-order chi connectivity index (χ0) is 25.4. The molecule has 0 spiro atoms. The highest BCUT2D eigenvalue weighted by molar-refractivity contribution is 5.99. The predicted molar refractivity (Wildman–Crippen MR) is 142 cm³/mol. The van der Waals surface area contributed by atoms with E-state index in [1.54, 1.807) is 19.1 Å². The average molecular weight is 494 g/mol.